The van der Waals surface area contributed by atoms with Crippen molar-refractivity contribution < 1.29 is 9.47 Å². The molecule has 29 heavy (non-hydrogen) atoms. The van der Waals surface area contributed by atoms with Gasteiger partial charge in [0.05, 0.1) is 12.7 Å². The van der Waals surface area contributed by atoms with E-state index in [1.54, 1.807) is 0 Å². The lowest BCUT2D eigenvalue weighted by molar-refractivity contribution is -0.0390. The van der Waals surface area contributed by atoms with Gasteiger partial charge in [0, 0.05) is 32.8 Å². The van der Waals surface area contributed by atoms with Crippen LogP contribution in [0.1, 0.15) is 64.0 Å². The molecule has 1 aromatic carbocycles. The normalized spacial score (nSPS) is 16.4. The summed E-state index contributed by atoms with van der Waals surface area (Å²) < 4.78 is 11.4. The zero-order chi connectivity index (χ0) is 20.2. The molecule has 166 valence electrons. The Morgan fingerprint density at radius 3 is 2.38 bits per heavy atom. The topological polar surface area (TPSA) is 54.9 Å². The monoisotopic (exact) mass is 517 g/mol. The number of rotatable bonds is 10. The van der Waals surface area contributed by atoms with Gasteiger partial charge in [0.25, 0.3) is 0 Å². The summed E-state index contributed by atoms with van der Waals surface area (Å²) in [5.41, 5.74) is 2.46. The molecule has 1 unspecified atom stereocenters. The number of hydrogen-bond donors (Lipinski definition) is 2. The number of aliphatic imine (C=N–C) groups is 1. The van der Waals surface area contributed by atoms with Gasteiger partial charge in [-0.25, -0.2) is 0 Å². The second kappa shape index (κ2) is 15.0. The molecule has 0 aliphatic carbocycles. The molecule has 1 aliphatic rings. The highest BCUT2D eigenvalue weighted by Crippen LogP contribution is 2.14. The van der Waals surface area contributed by atoms with Crippen molar-refractivity contribution in [3.63, 3.8) is 0 Å². The summed E-state index contributed by atoms with van der Waals surface area (Å²) in [5.74, 6) is 1.64. The van der Waals surface area contributed by atoms with Gasteiger partial charge in [0.2, 0.25) is 0 Å². The molecular weight excluding hydrogens is 477 g/mol. The minimum Gasteiger partial charge on any atom is -0.381 e. The quantitative estimate of drug-likeness (QED) is 0.264. The molecule has 2 rings (SSSR count). The third-order valence-electron chi connectivity index (χ3n) is 5.16. The fourth-order valence-corrected chi connectivity index (χ4v) is 3.33. The Morgan fingerprint density at radius 2 is 1.76 bits per heavy atom. The molecule has 0 saturated carbocycles. The number of nitrogens with zero attached hydrogens (tertiary/aromatic N) is 1. The van der Waals surface area contributed by atoms with E-state index in [0.717, 1.165) is 44.5 Å². The van der Waals surface area contributed by atoms with Crippen molar-refractivity contribution in [3.05, 3.63) is 35.4 Å². The van der Waals surface area contributed by atoms with Gasteiger partial charge in [-0.05, 0) is 43.2 Å². The highest BCUT2D eigenvalue weighted by atomic mass is 127. The molecule has 6 heteroatoms. The summed E-state index contributed by atoms with van der Waals surface area (Å²) in [4.78, 5) is 4.35. The first kappa shape index (κ1) is 26.2. The van der Waals surface area contributed by atoms with E-state index in [9.17, 15) is 0 Å². The molecule has 0 aromatic heterocycles. The zero-order valence-corrected chi connectivity index (χ0v) is 20.9. The predicted molar refractivity (Wildman–Crippen MR) is 132 cm³/mol. The zero-order valence-electron chi connectivity index (χ0n) is 18.6. The van der Waals surface area contributed by atoms with Crippen LogP contribution < -0.4 is 10.6 Å². The van der Waals surface area contributed by atoms with E-state index in [1.165, 1.54) is 30.4 Å². The Bertz CT molecular complexity index is 572. The molecule has 1 saturated heterocycles. The van der Waals surface area contributed by atoms with Gasteiger partial charge in [0.1, 0.15) is 0 Å². The first-order chi connectivity index (χ1) is 13.6. The number of ether oxygens (including phenoxy) is 2. The highest BCUT2D eigenvalue weighted by molar-refractivity contribution is 14.0. The average Bonchev–Trinajstić information content (AvgIpc) is 2.71. The molecule has 1 aliphatic heterocycles. The van der Waals surface area contributed by atoms with Crippen molar-refractivity contribution >= 4 is 29.9 Å². The third kappa shape index (κ3) is 11.2. The lowest BCUT2D eigenvalue weighted by Gasteiger charge is -2.22. The molecule has 1 atom stereocenters. The van der Waals surface area contributed by atoms with Crippen LogP contribution in [0.15, 0.2) is 29.3 Å². The molecular formula is C23H40IN3O2. The van der Waals surface area contributed by atoms with E-state index in [-0.39, 0.29) is 24.0 Å². The van der Waals surface area contributed by atoms with Crippen molar-refractivity contribution in [3.8, 4) is 0 Å². The summed E-state index contributed by atoms with van der Waals surface area (Å²) in [5, 5.41) is 6.90. The summed E-state index contributed by atoms with van der Waals surface area (Å²) in [6.07, 6.45) is 6.05. The predicted octanol–water partition coefficient (Wildman–Crippen LogP) is 4.88. The molecule has 1 fully saturated rings. The van der Waals surface area contributed by atoms with Crippen molar-refractivity contribution in [1.29, 1.82) is 0 Å². The van der Waals surface area contributed by atoms with Crippen LogP contribution in [0.3, 0.4) is 0 Å². The smallest absolute Gasteiger partial charge is 0.191 e. The number of nitrogens with one attached hydrogen (secondary N) is 2. The van der Waals surface area contributed by atoms with Crippen molar-refractivity contribution in [2.24, 2.45) is 10.9 Å². The van der Waals surface area contributed by atoms with Crippen LogP contribution in [-0.4, -0.2) is 38.4 Å². The molecule has 0 bridgehead atoms. The standard InChI is InChI=1S/C23H39N3O2.HI/c1-18(2)6-5-7-19(3)26-23(24-4)25-16-20-8-10-21(11-9-20)17-28-22-12-14-27-15-13-22;/h8-11,18-19,22H,5-7,12-17H2,1-4H3,(H2,24,25,26);1H. The first-order valence-electron chi connectivity index (χ1n) is 10.8. The van der Waals surface area contributed by atoms with Crippen LogP contribution in [-0.2, 0) is 22.6 Å². The van der Waals surface area contributed by atoms with Crippen LogP contribution in [0.5, 0.6) is 0 Å². The Labute approximate surface area is 194 Å². The Hall–Kier alpha value is -0.860. The van der Waals surface area contributed by atoms with Gasteiger partial charge in [0.15, 0.2) is 5.96 Å². The lowest BCUT2D eigenvalue weighted by atomic mass is 10.0. The van der Waals surface area contributed by atoms with Crippen molar-refractivity contribution in [2.45, 2.75) is 78.2 Å². The van der Waals surface area contributed by atoms with Crippen LogP contribution >= 0.6 is 24.0 Å². The minimum atomic E-state index is 0. The van der Waals surface area contributed by atoms with E-state index in [1.807, 2.05) is 7.05 Å². The first-order valence-corrected chi connectivity index (χ1v) is 10.8. The number of benzene rings is 1. The molecule has 0 spiro atoms. The fourth-order valence-electron chi connectivity index (χ4n) is 3.33. The maximum absolute atomic E-state index is 5.99. The van der Waals surface area contributed by atoms with Crippen LogP contribution in [0, 0.1) is 5.92 Å². The van der Waals surface area contributed by atoms with Gasteiger partial charge >= 0.3 is 0 Å². The van der Waals surface area contributed by atoms with E-state index in [2.05, 4.69) is 60.7 Å². The van der Waals surface area contributed by atoms with Crippen molar-refractivity contribution in [2.75, 3.05) is 20.3 Å². The van der Waals surface area contributed by atoms with Crippen LogP contribution in [0.2, 0.25) is 0 Å². The third-order valence-corrected chi connectivity index (χ3v) is 5.16. The summed E-state index contributed by atoms with van der Waals surface area (Å²) in [6.45, 7) is 9.86. The summed E-state index contributed by atoms with van der Waals surface area (Å²) in [7, 11) is 1.83. The fraction of sp³-hybridized carbons (Fsp3) is 0.696. The molecule has 0 amide bonds. The maximum atomic E-state index is 5.99. The van der Waals surface area contributed by atoms with Gasteiger partial charge in [-0.1, -0.05) is 51.0 Å². The SMILES string of the molecule is CN=C(NCc1ccc(COC2CCOCC2)cc1)NC(C)CCCC(C)C.I. The Morgan fingerprint density at radius 1 is 1.10 bits per heavy atom. The molecule has 5 nitrogen and oxygen atoms in total. The second-order valence-electron chi connectivity index (χ2n) is 8.24. The van der Waals surface area contributed by atoms with E-state index in [0.29, 0.717) is 18.8 Å². The van der Waals surface area contributed by atoms with E-state index < -0.39 is 0 Å². The van der Waals surface area contributed by atoms with Gasteiger partial charge in [-0.3, -0.25) is 4.99 Å². The average molecular weight is 517 g/mol. The Kier molecular flexibility index (Phi) is 13.6. The lowest BCUT2D eigenvalue weighted by Crippen LogP contribution is -2.41. The largest absolute Gasteiger partial charge is 0.381 e. The van der Waals surface area contributed by atoms with Gasteiger partial charge < -0.3 is 20.1 Å². The summed E-state index contributed by atoms with van der Waals surface area (Å²) >= 11 is 0. The van der Waals surface area contributed by atoms with E-state index in [4.69, 9.17) is 9.47 Å². The number of halogens is 1. The number of guanidine groups is 1. The van der Waals surface area contributed by atoms with E-state index >= 15 is 0 Å². The molecule has 0 radical (unpaired) electrons. The molecule has 2 N–H and O–H groups in total. The van der Waals surface area contributed by atoms with Gasteiger partial charge in [-0.2, -0.15) is 0 Å². The summed E-state index contributed by atoms with van der Waals surface area (Å²) in [6, 6.07) is 9.06. The second-order valence-corrected chi connectivity index (χ2v) is 8.24. The van der Waals surface area contributed by atoms with Crippen LogP contribution in [0.25, 0.3) is 0 Å². The van der Waals surface area contributed by atoms with Gasteiger partial charge in [-0.15, -0.1) is 24.0 Å². The molecule has 1 heterocycles. The van der Waals surface area contributed by atoms with Crippen molar-refractivity contribution in [1.82, 2.24) is 10.6 Å². The minimum absolute atomic E-state index is 0. The number of hydrogen-bond acceptors (Lipinski definition) is 3. The highest BCUT2D eigenvalue weighted by Gasteiger charge is 2.14. The Balaban J connectivity index is 0.00000420. The molecule has 1 aromatic rings. The van der Waals surface area contributed by atoms with Crippen LogP contribution in [0.4, 0.5) is 0 Å². The maximum Gasteiger partial charge on any atom is 0.191 e.